The van der Waals surface area contributed by atoms with Crippen LogP contribution in [-0.2, 0) is 17.0 Å². The lowest BCUT2D eigenvalue weighted by Crippen LogP contribution is -2.12. The monoisotopic (exact) mass is 457 g/mol. The lowest BCUT2D eigenvalue weighted by molar-refractivity contribution is -0.116. The number of rotatable bonds is 7. The largest absolute Gasteiger partial charge is 0.339 e. The Hall–Kier alpha value is -2.65. The fourth-order valence-corrected chi connectivity index (χ4v) is 3.55. The quantitative estimate of drug-likeness (QED) is 0.394. The van der Waals surface area contributed by atoms with Crippen LogP contribution in [0.2, 0.25) is 0 Å². The molecule has 0 aliphatic rings. The molecule has 0 radical (unpaired) electrons. The number of thioether (sulfide) groups is 1. The summed E-state index contributed by atoms with van der Waals surface area (Å²) in [7, 11) is 0. The molecule has 0 aliphatic carbocycles. The van der Waals surface area contributed by atoms with Crippen LogP contribution in [0.1, 0.15) is 18.1 Å². The number of carbonyl (C=O) groups is 1. The highest BCUT2D eigenvalue weighted by atomic mass is 79.9. The van der Waals surface area contributed by atoms with Gasteiger partial charge in [0.2, 0.25) is 11.8 Å². The highest BCUT2D eigenvalue weighted by molar-refractivity contribution is 9.10. The van der Waals surface area contributed by atoms with Crippen molar-refractivity contribution in [2.24, 2.45) is 0 Å². The van der Waals surface area contributed by atoms with E-state index in [0.29, 0.717) is 23.9 Å². The van der Waals surface area contributed by atoms with E-state index in [-0.39, 0.29) is 12.3 Å². The van der Waals surface area contributed by atoms with Crippen molar-refractivity contribution in [3.63, 3.8) is 0 Å². The number of halogens is 1. The molecule has 0 unspecified atom stereocenters. The van der Waals surface area contributed by atoms with E-state index in [2.05, 4.69) is 41.4 Å². The second-order valence-electron chi connectivity index (χ2n) is 6.01. The number of nitrogens with one attached hydrogen (secondary N) is 2. The summed E-state index contributed by atoms with van der Waals surface area (Å²) in [5, 5.41) is 7.62. The topological polar surface area (TPSA) is 96.7 Å². The van der Waals surface area contributed by atoms with Crippen LogP contribution >= 0.6 is 27.7 Å². The molecule has 2 aromatic heterocycles. The van der Waals surface area contributed by atoms with Gasteiger partial charge in [0.1, 0.15) is 0 Å². The third-order valence-electron chi connectivity index (χ3n) is 3.91. The van der Waals surface area contributed by atoms with Gasteiger partial charge >= 0.3 is 0 Å². The molecule has 142 valence electrons. The number of aromatic nitrogens is 4. The summed E-state index contributed by atoms with van der Waals surface area (Å²) in [6.07, 6.45) is 0.666. The molecule has 0 saturated heterocycles. The van der Waals surface area contributed by atoms with Crippen LogP contribution in [0.4, 0.5) is 5.69 Å². The number of aromatic amines is 1. The van der Waals surface area contributed by atoms with Crippen molar-refractivity contribution in [2.45, 2.75) is 23.8 Å². The van der Waals surface area contributed by atoms with E-state index in [1.54, 1.807) is 0 Å². The van der Waals surface area contributed by atoms with Gasteiger partial charge in [-0.3, -0.25) is 4.79 Å². The van der Waals surface area contributed by atoms with Crippen molar-refractivity contribution in [3.05, 3.63) is 64.7 Å². The number of imidazole rings is 1. The van der Waals surface area contributed by atoms with Crippen molar-refractivity contribution in [2.75, 3.05) is 5.32 Å². The molecule has 2 N–H and O–H groups in total. The summed E-state index contributed by atoms with van der Waals surface area (Å²) < 4.78 is 6.20. The van der Waals surface area contributed by atoms with E-state index in [1.165, 1.54) is 11.8 Å². The summed E-state index contributed by atoms with van der Waals surface area (Å²) in [5.41, 5.74) is 2.67. The van der Waals surface area contributed by atoms with Crippen LogP contribution < -0.4 is 5.32 Å². The van der Waals surface area contributed by atoms with Gasteiger partial charge in [-0.15, -0.1) is 0 Å². The van der Waals surface area contributed by atoms with Crippen LogP contribution in [-0.4, -0.2) is 26.0 Å². The number of hydrogen-bond donors (Lipinski definition) is 2. The molecule has 2 heterocycles. The Kier molecular flexibility index (Phi) is 5.73. The zero-order valence-electron chi connectivity index (χ0n) is 14.7. The zero-order valence-corrected chi connectivity index (χ0v) is 17.1. The number of anilines is 1. The number of aryl methyl sites for hydroxylation is 1. The maximum Gasteiger partial charge on any atom is 0.227 e. The Morgan fingerprint density at radius 2 is 1.96 bits per heavy atom. The SMILES string of the molecule is O=C(CCc1nc(CSc2nc3ccccc3[nH]2)no1)Nc1ccc(Br)cc1. The molecule has 28 heavy (non-hydrogen) atoms. The number of benzene rings is 2. The zero-order chi connectivity index (χ0) is 19.3. The molecule has 1 amide bonds. The van der Waals surface area contributed by atoms with Crippen molar-refractivity contribution in [1.29, 1.82) is 0 Å². The normalized spacial score (nSPS) is 11.0. The minimum absolute atomic E-state index is 0.0984. The highest BCUT2D eigenvalue weighted by Crippen LogP contribution is 2.22. The Balaban J connectivity index is 1.26. The van der Waals surface area contributed by atoms with E-state index in [4.69, 9.17) is 4.52 Å². The molecule has 0 aliphatic heterocycles. The summed E-state index contributed by atoms with van der Waals surface area (Å²) >= 11 is 4.87. The van der Waals surface area contributed by atoms with E-state index in [0.717, 1.165) is 26.3 Å². The smallest absolute Gasteiger partial charge is 0.227 e. The second kappa shape index (κ2) is 8.57. The van der Waals surface area contributed by atoms with Gasteiger partial charge in [0, 0.05) is 23.0 Å². The maximum absolute atomic E-state index is 12.0. The molecule has 4 rings (SSSR count). The number of amides is 1. The van der Waals surface area contributed by atoms with E-state index in [1.807, 2.05) is 48.5 Å². The first-order chi connectivity index (χ1) is 13.7. The first-order valence-electron chi connectivity index (χ1n) is 8.60. The summed E-state index contributed by atoms with van der Waals surface area (Å²) in [5.74, 6) is 1.47. The molecule has 0 fully saturated rings. The van der Waals surface area contributed by atoms with Gasteiger partial charge in [0.15, 0.2) is 11.0 Å². The Morgan fingerprint density at radius 3 is 2.79 bits per heavy atom. The average Bonchev–Trinajstić information content (AvgIpc) is 3.33. The van der Waals surface area contributed by atoms with Gasteiger partial charge in [-0.2, -0.15) is 4.98 Å². The lowest BCUT2D eigenvalue weighted by Gasteiger charge is -2.03. The number of fused-ring (bicyclic) bond motifs is 1. The number of para-hydroxylation sites is 2. The Labute approximate surface area is 173 Å². The van der Waals surface area contributed by atoms with Gasteiger partial charge in [-0.05, 0) is 36.4 Å². The van der Waals surface area contributed by atoms with E-state index in [9.17, 15) is 4.79 Å². The minimum Gasteiger partial charge on any atom is -0.339 e. The van der Waals surface area contributed by atoms with Crippen molar-refractivity contribution in [1.82, 2.24) is 20.1 Å². The van der Waals surface area contributed by atoms with Crippen LogP contribution in [0, 0.1) is 0 Å². The number of H-pyrrole nitrogens is 1. The van der Waals surface area contributed by atoms with E-state index >= 15 is 0 Å². The standard InChI is InChI=1S/C19H16BrN5O2S/c20-12-5-7-13(8-6-12)21-17(26)9-10-18-24-16(25-27-18)11-28-19-22-14-3-1-2-4-15(14)23-19/h1-8H,9-11H2,(H,21,26)(H,22,23). The first kappa shape index (κ1) is 18.7. The van der Waals surface area contributed by atoms with Crippen molar-refractivity contribution < 1.29 is 9.32 Å². The molecule has 2 aromatic carbocycles. The number of nitrogens with zero attached hydrogens (tertiary/aromatic N) is 3. The van der Waals surface area contributed by atoms with Crippen LogP contribution in [0.3, 0.4) is 0 Å². The average molecular weight is 458 g/mol. The first-order valence-corrected chi connectivity index (χ1v) is 10.4. The third-order valence-corrected chi connectivity index (χ3v) is 5.31. The van der Waals surface area contributed by atoms with Gasteiger partial charge in [0.25, 0.3) is 0 Å². The third kappa shape index (κ3) is 4.79. The fourth-order valence-electron chi connectivity index (χ4n) is 2.56. The molecule has 4 aromatic rings. The fraction of sp³-hybridized carbons (Fsp3) is 0.158. The number of hydrogen-bond acceptors (Lipinski definition) is 6. The molecule has 0 spiro atoms. The van der Waals surface area contributed by atoms with Gasteiger partial charge in [0.05, 0.1) is 16.8 Å². The number of carbonyl (C=O) groups excluding carboxylic acids is 1. The highest BCUT2D eigenvalue weighted by Gasteiger charge is 2.11. The predicted molar refractivity (Wildman–Crippen MR) is 111 cm³/mol. The second-order valence-corrected chi connectivity index (χ2v) is 7.89. The molecule has 0 atom stereocenters. The molecular formula is C19H16BrN5O2S. The summed E-state index contributed by atoms with van der Waals surface area (Å²) in [6, 6.07) is 15.3. The van der Waals surface area contributed by atoms with Crippen molar-refractivity contribution in [3.8, 4) is 0 Å². The molecular weight excluding hydrogens is 442 g/mol. The molecule has 0 bridgehead atoms. The predicted octanol–water partition coefficient (Wildman–Crippen LogP) is 4.57. The lowest BCUT2D eigenvalue weighted by atomic mass is 10.2. The van der Waals surface area contributed by atoms with Crippen LogP contribution in [0.15, 0.2) is 62.7 Å². The minimum atomic E-state index is -0.0984. The Morgan fingerprint density at radius 1 is 1.14 bits per heavy atom. The molecule has 7 nitrogen and oxygen atoms in total. The van der Waals surface area contributed by atoms with Gasteiger partial charge in [-0.1, -0.05) is 45.0 Å². The van der Waals surface area contributed by atoms with Crippen LogP contribution in [0.5, 0.6) is 0 Å². The van der Waals surface area contributed by atoms with Crippen molar-refractivity contribution >= 4 is 50.3 Å². The maximum atomic E-state index is 12.0. The van der Waals surface area contributed by atoms with E-state index < -0.39 is 0 Å². The Bertz CT molecular complexity index is 1060. The van der Waals surface area contributed by atoms with Gasteiger partial charge < -0.3 is 14.8 Å². The summed E-state index contributed by atoms with van der Waals surface area (Å²) in [4.78, 5) is 24.1. The molecule has 9 heteroatoms. The summed E-state index contributed by atoms with van der Waals surface area (Å²) in [6.45, 7) is 0. The molecule has 0 saturated carbocycles. The van der Waals surface area contributed by atoms with Gasteiger partial charge in [-0.25, -0.2) is 4.98 Å². The van der Waals surface area contributed by atoms with Crippen LogP contribution in [0.25, 0.3) is 11.0 Å².